The summed E-state index contributed by atoms with van der Waals surface area (Å²) in [7, 11) is 0. The van der Waals surface area contributed by atoms with E-state index < -0.39 is 18.4 Å². The molecule has 0 bridgehead atoms. The van der Waals surface area contributed by atoms with Crippen LogP contribution in [0.2, 0.25) is 8.87 Å². The first-order valence-electron chi connectivity index (χ1n) is 9.66. The Morgan fingerprint density at radius 3 is 1.32 bits per heavy atom. The summed E-state index contributed by atoms with van der Waals surface area (Å²) in [6.45, 7) is 12.4. The Hall–Kier alpha value is -1.28. The van der Waals surface area contributed by atoms with E-state index in [9.17, 15) is 0 Å². The van der Waals surface area contributed by atoms with E-state index in [1.807, 2.05) is 12.2 Å². The summed E-state index contributed by atoms with van der Waals surface area (Å²) < 4.78 is 6.11. The molecule has 0 aliphatic heterocycles. The molecule has 25 heavy (non-hydrogen) atoms. The van der Waals surface area contributed by atoms with E-state index in [1.54, 1.807) is 7.16 Å². The molecular formula is C24H32Sn. The summed E-state index contributed by atoms with van der Waals surface area (Å²) in [6.07, 6.45) is 9.12. The van der Waals surface area contributed by atoms with E-state index in [0.717, 1.165) is 0 Å². The minimum atomic E-state index is -2.67. The van der Waals surface area contributed by atoms with Gasteiger partial charge in [0.15, 0.2) is 0 Å². The molecule has 0 unspecified atom stereocenters. The number of hydrogen-bond acceptors (Lipinski definition) is 0. The Labute approximate surface area is 158 Å². The van der Waals surface area contributed by atoms with Crippen LogP contribution in [0.3, 0.4) is 0 Å². The van der Waals surface area contributed by atoms with E-state index in [0.29, 0.717) is 0 Å². The fourth-order valence-electron chi connectivity index (χ4n) is 3.70. The Morgan fingerprint density at radius 1 is 0.680 bits per heavy atom. The zero-order valence-electron chi connectivity index (χ0n) is 15.9. The Balaban J connectivity index is 2.54. The normalized spacial score (nSPS) is 11.3. The van der Waals surface area contributed by atoms with E-state index in [-0.39, 0.29) is 0 Å². The molecule has 0 aliphatic carbocycles. The zero-order valence-corrected chi connectivity index (χ0v) is 18.8. The molecule has 0 heterocycles. The molecule has 0 amide bonds. The van der Waals surface area contributed by atoms with Gasteiger partial charge >= 0.3 is 159 Å². The molecule has 2 aromatic rings. The van der Waals surface area contributed by atoms with E-state index in [2.05, 4.69) is 75.5 Å². The van der Waals surface area contributed by atoms with Crippen LogP contribution in [0.4, 0.5) is 0 Å². The molecule has 0 atom stereocenters. The summed E-state index contributed by atoms with van der Waals surface area (Å²) in [5.74, 6) is 0. The zero-order chi connectivity index (χ0) is 18.1. The van der Waals surface area contributed by atoms with Gasteiger partial charge < -0.3 is 0 Å². The summed E-state index contributed by atoms with van der Waals surface area (Å²) in [5, 5.41) is 0. The average molecular weight is 439 g/mol. The van der Waals surface area contributed by atoms with Gasteiger partial charge in [-0.1, -0.05) is 0 Å². The summed E-state index contributed by atoms with van der Waals surface area (Å²) >= 11 is -2.67. The maximum absolute atomic E-state index is 3.91. The maximum atomic E-state index is 3.91. The van der Waals surface area contributed by atoms with Gasteiger partial charge in [-0.15, -0.1) is 0 Å². The Kier molecular flexibility index (Phi) is 8.02. The monoisotopic (exact) mass is 440 g/mol. The molecule has 0 N–H and O–H groups in total. The Morgan fingerprint density at radius 2 is 1.04 bits per heavy atom. The van der Waals surface area contributed by atoms with Crippen LogP contribution in [0.25, 0.3) is 12.2 Å². The Bertz CT molecular complexity index is 603. The van der Waals surface area contributed by atoms with Crippen LogP contribution in [0.1, 0.15) is 50.7 Å². The molecule has 0 saturated heterocycles. The third-order valence-corrected chi connectivity index (χ3v) is 20.4. The standard InChI is InChI=1S/2C8H7.2C4H9.Sn/c2*1-2-8-6-4-3-5-7-8;2*1-3-4-2;/h2*2,4-7H,1H2;2*1,3-4H2,2H3;. The number of benzene rings is 2. The van der Waals surface area contributed by atoms with Crippen molar-refractivity contribution >= 4 is 37.7 Å². The van der Waals surface area contributed by atoms with Crippen molar-refractivity contribution in [2.75, 3.05) is 0 Å². The first-order chi connectivity index (χ1) is 12.2. The minimum absolute atomic E-state index is 1.22. The molecule has 0 aliphatic rings. The van der Waals surface area contributed by atoms with Crippen molar-refractivity contribution in [2.45, 2.75) is 48.4 Å². The first-order valence-corrected chi connectivity index (χ1v) is 16.5. The van der Waals surface area contributed by atoms with Crippen molar-refractivity contribution in [2.24, 2.45) is 0 Å². The summed E-state index contributed by atoms with van der Waals surface area (Å²) in [4.78, 5) is 0. The van der Waals surface area contributed by atoms with Crippen LogP contribution in [0, 0.1) is 0 Å². The average Bonchev–Trinajstić information content (AvgIpc) is 2.69. The molecule has 0 saturated carbocycles. The van der Waals surface area contributed by atoms with Crippen LogP contribution in [-0.2, 0) is 0 Å². The molecule has 0 aromatic heterocycles. The van der Waals surface area contributed by atoms with Gasteiger partial charge in [-0.05, 0) is 0 Å². The van der Waals surface area contributed by atoms with Gasteiger partial charge in [-0.2, -0.15) is 0 Å². The number of hydrogen-bond donors (Lipinski definition) is 0. The van der Waals surface area contributed by atoms with Gasteiger partial charge in [-0.25, -0.2) is 0 Å². The van der Waals surface area contributed by atoms with Crippen molar-refractivity contribution in [3.05, 3.63) is 72.8 Å². The van der Waals surface area contributed by atoms with E-state index in [4.69, 9.17) is 0 Å². The molecule has 0 fully saturated rings. The van der Waals surface area contributed by atoms with Crippen LogP contribution in [0.15, 0.2) is 61.7 Å². The van der Waals surface area contributed by atoms with Gasteiger partial charge in [0, 0.05) is 0 Å². The predicted molar refractivity (Wildman–Crippen MR) is 118 cm³/mol. The van der Waals surface area contributed by atoms with Gasteiger partial charge in [0.1, 0.15) is 0 Å². The molecule has 2 aromatic carbocycles. The number of unbranched alkanes of at least 4 members (excludes halogenated alkanes) is 2. The van der Waals surface area contributed by atoms with Gasteiger partial charge in [0.25, 0.3) is 0 Å². The number of rotatable bonds is 10. The SMILES string of the molecule is C=Cc1cc[c]([Sn]([CH2]CCC)([CH2]CCC)[c]2ccc(C=C)cc2)cc1. The molecular weight excluding hydrogens is 407 g/mol. The molecule has 2 rings (SSSR count). The fraction of sp³-hybridized carbons (Fsp3) is 0.333. The van der Waals surface area contributed by atoms with Crippen molar-refractivity contribution in [1.82, 2.24) is 0 Å². The van der Waals surface area contributed by atoms with Crippen molar-refractivity contribution in [3.8, 4) is 0 Å². The van der Waals surface area contributed by atoms with Crippen molar-refractivity contribution in [3.63, 3.8) is 0 Å². The second kappa shape index (κ2) is 10.0. The van der Waals surface area contributed by atoms with Crippen LogP contribution in [0.5, 0.6) is 0 Å². The van der Waals surface area contributed by atoms with Gasteiger partial charge in [-0.3, -0.25) is 0 Å². The van der Waals surface area contributed by atoms with Gasteiger partial charge in [0.05, 0.1) is 0 Å². The topological polar surface area (TPSA) is 0 Å². The molecule has 0 spiro atoms. The molecule has 132 valence electrons. The van der Waals surface area contributed by atoms with Crippen LogP contribution >= 0.6 is 0 Å². The molecule has 0 nitrogen and oxygen atoms in total. The second-order valence-corrected chi connectivity index (χ2v) is 19.3. The first kappa shape index (κ1) is 20.0. The fourth-order valence-corrected chi connectivity index (χ4v) is 18.7. The summed E-state index contributed by atoms with van der Waals surface area (Å²) in [6, 6.07) is 18.6. The third kappa shape index (κ3) is 4.88. The quantitative estimate of drug-likeness (QED) is 0.391. The van der Waals surface area contributed by atoms with E-state index >= 15 is 0 Å². The predicted octanol–water partition coefficient (Wildman–Crippen LogP) is 6.14. The van der Waals surface area contributed by atoms with E-state index in [1.165, 1.54) is 45.7 Å². The second-order valence-electron chi connectivity index (χ2n) is 6.94. The van der Waals surface area contributed by atoms with Crippen LogP contribution < -0.4 is 7.16 Å². The van der Waals surface area contributed by atoms with Crippen molar-refractivity contribution in [1.29, 1.82) is 0 Å². The van der Waals surface area contributed by atoms with Gasteiger partial charge in [0.2, 0.25) is 0 Å². The summed E-state index contributed by atoms with van der Waals surface area (Å²) in [5.41, 5.74) is 2.44. The molecule has 1 heteroatoms. The third-order valence-electron chi connectivity index (χ3n) is 5.31. The van der Waals surface area contributed by atoms with Crippen molar-refractivity contribution < 1.29 is 0 Å². The van der Waals surface area contributed by atoms with Crippen LogP contribution in [-0.4, -0.2) is 18.4 Å². The molecule has 0 radical (unpaired) electrons.